The molecule has 1 aliphatic rings. The molecule has 1 fully saturated rings. The maximum Gasteiger partial charge on any atom is 0.106 e. The number of imidazole rings is 1. The van der Waals surface area contributed by atoms with E-state index in [1.165, 1.54) is 0 Å². The van der Waals surface area contributed by atoms with E-state index >= 15 is 0 Å². The SMILES string of the molecule is CC.Cc1nccn1CC(O)(Cc1ccccc1Cl)C1(Cl)CC1. The van der Waals surface area contributed by atoms with Crippen molar-refractivity contribution >= 4 is 23.2 Å². The van der Waals surface area contributed by atoms with Crippen molar-refractivity contribution in [2.24, 2.45) is 0 Å². The highest BCUT2D eigenvalue weighted by atomic mass is 35.5. The molecule has 3 rings (SSSR count). The van der Waals surface area contributed by atoms with Crippen LogP contribution in [0.15, 0.2) is 36.7 Å². The highest BCUT2D eigenvalue weighted by Gasteiger charge is 2.57. The van der Waals surface area contributed by atoms with Crippen LogP contribution in [0.4, 0.5) is 0 Å². The number of hydrogen-bond acceptors (Lipinski definition) is 2. The molecular formula is C18H24Cl2N2O. The third-order valence-electron chi connectivity index (χ3n) is 4.32. The highest BCUT2D eigenvalue weighted by molar-refractivity contribution is 6.31. The molecule has 0 bridgehead atoms. The molecule has 1 heterocycles. The molecule has 1 atom stereocenters. The first-order chi connectivity index (χ1) is 10.9. The van der Waals surface area contributed by atoms with Crippen LogP contribution in [0, 0.1) is 6.92 Å². The maximum absolute atomic E-state index is 11.2. The van der Waals surface area contributed by atoms with Crippen LogP contribution in [0.2, 0.25) is 5.02 Å². The van der Waals surface area contributed by atoms with E-state index in [4.69, 9.17) is 23.2 Å². The number of halogens is 2. The topological polar surface area (TPSA) is 38.0 Å². The Morgan fingerprint density at radius 2 is 1.96 bits per heavy atom. The van der Waals surface area contributed by atoms with Crippen molar-refractivity contribution in [3.63, 3.8) is 0 Å². The lowest BCUT2D eigenvalue weighted by Gasteiger charge is -2.34. The van der Waals surface area contributed by atoms with Crippen molar-refractivity contribution in [1.82, 2.24) is 9.55 Å². The van der Waals surface area contributed by atoms with Gasteiger partial charge in [-0.25, -0.2) is 4.98 Å². The minimum Gasteiger partial charge on any atom is -0.386 e. The summed E-state index contributed by atoms with van der Waals surface area (Å²) in [5.74, 6) is 0.869. The Morgan fingerprint density at radius 3 is 2.48 bits per heavy atom. The average molecular weight is 355 g/mol. The Hall–Kier alpha value is -1.03. The quantitative estimate of drug-likeness (QED) is 0.795. The zero-order valence-corrected chi connectivity index (χ0v) is 15.4. The third-order valence-corrected chi connectivity index (χ3v) is 5.42. The lowest BCUT2D eigenvalue weighted by molar-refractivity contribution is 0.0104. The fraction of sp³-hybridized carbons (Fsp3) is 0.500. The predicted octanol–water partition coefficient (Wildman–Crippen LogP) is 4.62. The van der Waals surface area contributed by atoms with Gasteiger partial charge in [-0.05, 0) is 31.4 Å². The minimum absolute atomic E-state index is 0.424. The Bertz CT molecular complexity index is 652. The molecule has 1 saturated carbocycles. The van der Waals surface area contributed by atoms with Gasteiger partial charge in [0, 0.05) is 23.8 Å². The van der Waals surface area contributed by atoms with Gasteiger partial charge in [-0.3, -0.25) is 0 Å². The lowest BCUT2D eigenvalue weighted by atomic mass is 9.88. The van der Waals surface area contributed by atoms with Crippen LogP contribution in [0.5, 0.6) is 0 Å². The van der Waals surface area contributed by atoms with Crippen molar-refractivity contribution in [3.8, 4) is 0 Å². The van der Waals surface area contributed by atoms with Crippen LogP contribution in [0.25, 0.3) is 0 Å². The molecule has 23 heavy (non-hydrogen) atoms. The molecule has 0 spiro atoms. The van der Waals surface area contributed by atoms with E-state index in [1.807, 2.05) is 55.8 Å². The van der Waals surface area contributed by atoms with E-state index in [0.29, 0.717) is 18.0 Å². The fourth-order valence-electron chi connectivity index (χ4n) is 2.74. The van der Waals surface area contributed by atoms with Gasteiger partial charge in [0.25, 0.3) is 0 Å². The van der Waals surface area contributed by atoms with Gasteiger partial charge in [-0.15, -0.1) is 11.6 Å². The molecule has 1 unspecified atom stereocenters. The van der Waals surface area contributed by atoms with Crippen molar-refractivity contribution in [2.75, 3.05) is 0 Å². The summed E-state index contributed by atoms with van der Waals surface area (Å²) >= 11 is 12.8. The molecule has 0 saturated heterocycles. The van der Waals surface area contributed by atoms with Gasteiger partial charge in [0.2, 0.25) is 0 Å². The summed E-state index contributed by atoms with van der Waals surface area (Å²) in [6.45, 7) is 6.34. The maximum atomic E-state index is 11.2. The second kappa shape index (κ2) is 7.25. The number of aliphatic hydroxyl groups is 1. The molecular weight excluding hydrogens is 331 g/mol. The standard InChI is InChI=1S/C16H18Cl2N2O.C2H6/c1-12-19-8-9-20(12)11-16(21,15(18)6-7-15)10-13-4-2-3-5-14(13)17;1-2/h2-5,8-9,21H,6-7,10-11H2,1H3;1-2H3. The van der Waals surface area contributed by atoms with Crippen LogP contribution >= 0.6 is 23.2 Å². The second-order valence-corrected chi connectivity index (χ2v) is 7.00. The molecule has 1 aromatic carbocycles. The van der Waals surface area contributed by atoms with Crippen molar-refractivity contribution in [1.29, 1.82) is 0 Å². The number of rotatable bonds is 5. The van der Waals surface area contributed by atoms with Crippen molar-refractivity contribution in [3.05, 3.63) is 53.1 Å². The first-order valence-electron chi connectivity index (χ1n) is 8.06. The zero-order valence-electron chi connectivity index (χ0n) is 13.9. The van der Waals surface area contributed by atoms with Crippen LogP contribution in [0.3, 0.4) is 0 Å². The van der Waals surface area contributed by atoms with E-state index < -0.39 is 10.5 Å². The molecule has 0 radical (unpaired) electrons. The number of hydrogen-bond donors (Lipinski definition) is 1. The van der Waals surface area contributed by atoms with E-state index in [0.717, 1.165) is 24.2 Å². The van der Waals surface area contributed by atoms with E-state index in [1.54, 1.807) is 6.20 Å². The summed E-state index contributed by atoms with van der Waals surface area (Å²) in [5.41, 5.74) is -0.114. The summed E-state index contributed by atoms with van der Waals surface area (Å²) in [5, 5.41) is 11.9. The molecule has 0 amide bonds. The Morgan fingerprint density at radius 1 is 1.30 bits per heavy atom. The number of alkyl halides is 1. The van der Waals surface area contributed by atoms with Crippen LogP contribution in [-0.4, -0.2) is 25.1 Å². The van der Waals surface area contributed by atoms with E-state index in [2.05, 4.69) is 4.98 Å². The fourth-order valence-corrected chi connectivity index (χ4v) is 3.16. The van der Waals surface area contributed by atoms with Crippen molar-refractivity contribution < 1.29 is 5.11 Å². The van der Waals surface area contributed by atoms with Gasteiger partial charge >= 0.3 is 0 Å². The summed E-state index contributed by atoms with van der Waals surface area (Å²) in [6.07, 6.45) is 5.69. The Balaban J connectivity index is 0.000000924. The van der Waals surface area contributed by atoms with Crippen LogP contribution < -0.4 is 0 Å². The normalized spacial score (nSPS) is 17.8. The molecule has 1 aliphatic carbocycles. The van der Waals surface area contributed by atoms with Gasteiger partial charge in [0.1, 0.15) is 11.4 Å². The minimum atomic E-state index is -1.04. The summed E-state index contributed by atoms with van der Waals surface area (Å²) in [4.78, 5) is 3.64. The van der Waals surface area contributed by atoms with E-state index in [9.17, 15) is 5.11 Å². The molecule has 2 aromatic rings. The summed E-state index contributed by atoms with van der Waals surface area (Å²) < 4.78 is 1.94. The number of aryl methyl sites for hydroxylation is 1. The van der Waals surface area contributed by atoms with Crippen LogP contribution in [0.1, 0.15) is 38.1 Å². The Kier molecular flexibility index (Phi) is 5.77. The van der Waals surface area contributed by atoms with E-state index in [-0.39, 0.29) is 0 Å². The Labute approximate surface area is 148 Å². The monoisotopic (exact) mass is 354 g/mol. The summed E-state index contributed by atoms with van der Waals surface area (Å²) in [7, 11) is 0. The lowest BCUT2D eigenvalue weighted by Crippen LogP contribution is -2.47. The highest BCUT2D eigenvalue weighted by Crippen LogP contribution is 2.53. The molecule has 1 aromatic heterocycles. The largest absolute Gasteiger partial charge is 0.386 e. The first-order valence-corrected chi connectivity index (χ1v) is 8.82. The van der Waals surface area contributed by atoms with Crippen molar-refractivity contribution in [2.45, 2.75) is 57.1 Å². The zero-order chi connectivity index (χ0) is 17.1. The molecule has 1 N–H and O–H groups in total. The average Bonchev–Trinajstić information content (AvgIpc) is 3.19. The number of nitrogens with zero attached hydrogens (tertiary/aromatic N) is 2. The molecule has 0 aliphatic heterocycles. The molecule has 5 heteroatoms. The predicted molar refractivity (Wildman–Crippen MR) is 96.2 cm³/mol. The first kappa shape index (κ1) is 18.3. The smallest absolute Gasteiger partial charge is 0.106 e. The third kappa shape index (κ3) is 3.90. The second-order valence-electron chi connectivity index (χ2n) is 5.87. The van der Waals surface area contributed by atoms with Gasteiger partial charge in [0.05, 0.1) is 11.4 Å². The van der Waals surface area contributed by atoms with Gasteiger partial charge < -0.3 is 9.67 Å². The molecule has 126 valence electrons. The van der Waals surface area contributed by atoms with Gasteiger partial charge in [0.15, 0.2) is 0 Å². The number of benzene rings is 1. The molecule has 3 nitrogen and oxygen atoms in total. The van der Waals surface area contributed by atoms with Gasteiger partial charge in [-0.2, -0.15) is 0 Å². The van der Waals surface area contributed by atoms with Crippen LogP contribution in [-0.2, 0) is 13.0 Å². The van der Waals surface area contributed by atoms with Gasteiger partial charge in [-0.1, -0.05) is 43.6 Å². The summed E-state index contributed by atoms with van der Waals surface area (Å²) in [6, 6.07) is 7.60. The number of aromatic nitrogens is 2.